The molecule has 1 aromatic carbocycles. The number of amides is 1. The number of carbonyl (C=O) groups excluding carboxylic acids is 1. The molecule has 5 rings (SSSR count). The van der Waals surface area contributed by atoms with Gasteiger partial charge in [0, 0.05) is 30.0 Å². The van der Waals surface area contributed by atoms with E-state index in [0.717, 1.165) is 47.8 Å². The normalized spacial score (nSPS) is 23.1. The highest BCUT2D eigenvalue weighted by atomic mass is 35.5. The largest absolute Gasteiger partial charge is 0.357 e. The molecule has 1 aliphatic carbocycles. The second-order valence-corrected chi connectivity index (χ2v) is 8.25. The summed E-state index contributed by atoms with van der Waals surface area (Å²) in [5.74, 6) is -0.133. The Morgan fingerprint density at radius 2 is 2.17 bits per heavy atom. The van der Waals surface area contributed by atoms with Crippen molar-refractivity contribution in [2.75, 3.05) is 11.9 Å². The van der Waals surface area contributed by atoms with Crippen molar-refractivity contribution in [2.45, 2.75) is 31.9 Å². The first kappa shape index (κ1) is 19.0. The lowest BCUT2D eigenvalue weighted by molar-refractivity contribution is -0.117. The Hall–Kier alpha value is -2.95. The minimum atomic E-state index is -0.240. The molecule has 3 atom stereocenters. The molecule has 0 bridgehead atoms. The molecule has 0 unspecified atom stereocenters. The number of benzene rings is 1. The smallest absolute Gasteiger partial charge is 0.230 e. The summed E-state index contributed by atoms with van der Waals surface area (Å²) in [4.78, 5) is 16.5. The zero-order valence-corrected chi connectivity index (χ0v) is 17.0. The van der Waals surface area contributed by atoms with E-state index in [4.69, 9.17) is 21.6 Å². The molecule has 3 aromatic rings. The van der Waals surface area contributed by atoms with Gasteiger partial charge < -0.3 is 10.1 Å². The summed E-state index contributed by atoms with van der Waals surface area (Å²) in [7, 11) is 0. The van der Waals surface area contributed by atoms with Gasteiger partial charge in [-0.1, -0.05) is 11.6 Å². The van der Waals surface area contributed by atoms with Gasteiger partial charge in [-0.15, -0.1) is 0 Å². The van der Waals surface area contributed by atoms with E-state index in [1.54, 1.807) is 12.3 Å². The van der Waals surface area contributed by atoms with Crippen LogP contribution in [0, 0.1) is 23.2 Å². The summed E-state index contributed by atoms with van der Waals surface area (Å²) in [5.41, 5.74) is 1.88. The number of rotatable bonds is 4. The van der Waals surface area contributed by atoms with Gasteiger partial charge in [0.15, 0.2) is 0 Å². The molecule has 30 heavy (non-hydrogen) atoms. The zero-order chi connectivity index (χ0) is 20.7. The van der Waals surface area contributed by atoms with Gasteiger partial charge >= 0.3 is 0 Å². The molecule has 7 nitrogen and oxygen atoms in total. The van der Waals surface area contributed by atoms with E-state index in [9.17, 15) is 4.79 Å². The highest BCUT2D eigenvalue weighted by Gasteiger charge is 2.43. The summed E-state index contributed by atoms with van der Waals surface area (Å²) >= 11 is 6.51. The maximum Gasteiger partial charge on any atom is 0.230 e. The predicted octanol–water partition coefficient (Wildman–Crippen LogP) is 4.55. The fraction of sp³-hybridized carbons (Fsp3) is 0.364. The van der Waals surface area contributed by atoms with Crippen molar-refractivity contribution in [2.24, 2.45) is 11.8 Å². The van der Waals surface area contributed by atoms with Crippen LogP contribution in [-0.2, 0) is 9.53 Å². The number of carbonyl (C=O) groups is 1. The monoisotopic (exact) mass is 421 g/mol. The van der Waals surface area contributed by atoms with Crippen LogP contribution in [0.4, 0.5) is 5.82 Å². The number of nitriles is 1. The van der Waals surface area contributed by atoms with Crippen molar-refractivity contribution in [3.8, 4) is 17.2 Å². The zero-order valence-electron chi connectivity index (χ0n) is 16.2. The summed E-state index contributed by atoms with van der Waals surface area (Å²) in [6.07, 6.45) is 9.23. The average Bonchev–Trinajstić information content (AvgIpc) is 3.40. The third-order valence-electron chi connectivity index (χ3n) is 5.72. The Morgan fingerprint density at radius 3 is 2.93 bits per heavy atom. The first-order valence-corrected chi connectivity index (χ1v) is 10.5. The van der Waals surface area contributed by atoms with Gasteiger partial charge in [-0.3, -0.25) is 4.79 Å². The summed E-state index contributed by atoms with van der Waals surface area (Å²) in [6.45, 7) is 0.763. The topological polar surface area (TPSA) is 92.8 Å². The van der Waals surface area contributed by atoms with Crippen molar-refractivity contribution in [1.82, 2.24) is 14.8 Å². The van der Waals surface area contributed by atoms with Crippen LogP contribution in [0.5, 0.6) is 0 Å². The van der Waals surface area contributed by atoms with Crippen LogP contribution in [-0.4, -0.2) is 27.3 Å². The summed E-state index contributed by atoms with van der Waals surface area (Å²) in [6, 6.07) is 7.84. The number of pyridine rings is 1. The fourth-order valence-corrected chi connectivity index (χ4v) is 4.15. The van der Waals surface area contributed by atoms with E-state index in [2.05, 4.69) is 21.5 Å². The van der Waals surface area contributed by atoms with E-state index in [1.807, 2.05) is 29.2 Å². The molecule has 1 saturated carbocycles. The molecule has 0 spiro atoms. The minimum Gasteiger partial charge on any atom is -0.357 e. The maximum absolute atomic E-state index is 12.2. The van der Waals surface area contributed by atoms with Gasteiger partial charge in [-0.2, -0.15) is 10.4 Å². The fourth-order valence-electron chi connectivity index (χ4n) is 3.87. The van der Waals surface area contributed by atoms with Gasteiger partial charge in [0.1, 0.15) is 12.0 Å². The van der Waals surface area contributed by atoms with E-state index in [-0.39, 0.29) is 24.0 Å². The Bertz CT molecular complexity index is 1160. The van der Waals surface area contributed by atoms with Gasteiger partial charge in [-0.25, -0.2) is 9.67 Å². The van der Waals surface area contributed by atoms with Crippen LogP contribution in [0.15, 0.2) is 36.8 Å². The third-order valence-corrected chi connectivity index (χ3v) is 6.03. The lowest BCUT2D eigenvalue weighted by Gasteiger charge is -2.22. The molecule has 1 N–H and O–H groups in total. The number of aromatic nitrogens is 3. The molecule has 2 aromatic heterocycles. The van der Waals surface area contributed by atoms with Crippen molar-refractivity contribution >= 4 is 34.1 Å². The molecule has 1 aliphatic heterocycles. The minimum absolute atomic E-state index is 0.0193. The molecular formula is C22H20ClN5O2. The Labute approximate surface area is 178 Å². The van der Waals surface area contributed by atoms with Gasteiger partial charge in [0.05, 0.1) is 29.1 Å². The third kappa shape index (κ3) is 3.64. The Kier molecular flexibility index (Phi) is 4.89. The van der Waals surface area contributed by atoms with Crippen LogP contribution >= 0.6 is 11.6 Å². The van der Waals surface area contributed by atoms with Crippen molar-refractivity contribution < 1.29 is 9.53 Å². The van der Waals surface area contributed by atoms with Crippen LogP contribution in [0.3, 0.4) is 0 Å². The average molecular weight is 422 g/mol. The van der Waals surface area contributed by atoms with Crippen LogP contribution in [0.1, 0.15) is 31.9 Å². The number of hydrogen-bond acceptors (Lipinski definition) is 5. The number of nitrogens with one attached hydrogen (secondary N) is 1. The molecule has 3 heterocycles. The molecule has 2 fully saturated rings. The number of halogens is 1. The molecule has 2 aliphatic rings. The Morgan fingerprint density at radius 1 is 1.27 bits per heavy atom. The van der Waals surface area contributed by atoms with E-state index < -0.39 is 0 Å². The van der Waals surface area contributed by atoms with Crippen LogP contribution < -0.4 is 5.32 Å². The molecule has 1 amide bonds. The summed E-state index contributed by atoms with van der Waals surface area (Å²) in [5, 5.41) is 18.5. The van der Waals surface area contributed by atoms with Gasteiger partial charge in [0.25, 0.3) is 0 Å². The van der Waals surface area contributed by atoms with E-state index in [1.165, 1.54) is 0 Å². The molecule has 0 radical (unpaired) electrons. The van der Waals surface area contributed by atoms with E-state index >= 15 is 0 Å². The quantitative estimate of drug-likeness (QED) is 0.667. The predicted molar refractivity (Wildman–Crippen MR) is 113 cm³/mol. The molecule has 1 saturated heterocycles. The van der Waals surface area contributed by atoms with Crippen LogP contribution in [0.2, 0.25) is 5.02 Å². The number of nitrogens with zero attached hydrogens (tertiary/aromatic N) is 4. The highest BCUT2D eigenvalue weighted by molar-refractivity contribution is 6.36. The summed E-state index contributed by atoms with van der Waals surface area (Å²) < 4.78 is 7.67. The lowest BCUT2D eigenvalue weighted by atomic mass is 10.0. The second-order valence-electron chi connectivity index (χ2n) is 7.85. The Balaban J connectivity index is 1.41. The van der Waals surface area contributed by atoms with Gasteiger partial charge in [0.2, 0.25) is 5.91 Å². The maximum atomic E-state index is 12.2. The van der Waals surface area contributed by atoms with Crippen molar-refractivity contribution in [3.05, 3.63) is 41.8 Å². The number of ether oxygens (including phenoxy) is 1. The molecule has 152 valence electrons. The van der Waals surface area contributed by atoms with Crippen molar-refractivity contribution in [3.63, 3.8) is 0 Å². The molecular weight excluding hydrogens is 402 g/mol. The first-order chi connectivity index (χ1) is 14.6. The standard InChI is InChI=1S/C22H20ClN5O2/c23-19-7-13(16-10-26-28(12-16)21-3-1-2-4-30-21)5-14-8-20(25-11-18(14)19)27-22(29)17-6-15(17)9-24/h5,7-8,10-12,15,17,21H,1-4,6H2,(H,25,27,29)/t15-,17+,21+/m0/s1. The highest BCUT2D eigenvalue weighted by Crippen LogP contribution is 2.38. The van der Waals surface area contributed by atoms with E-state index in [0.29, 0.717) is 17.3 Å². The SMILES string of the molecule is N#C[C@@H]1C[C@H]1C(=O)Nc1cc2cc(-c3cnn([C@H]4CCCCO4)c3)cc(Cl)c2cn1. The number of anilines is 1. The first-order valence-electron chi connectivity index (χ1n) is 10.1. The van der Waals surface area contributed by atoms with Crippen molar-refractivity contribution in [1.29, 1.82) is 5.26 Å². The van der Waals surface area contributed by atoms with Gasteiger partial charge in [-0.05, 0) is 54.8 Å². The number of hydrogen-bond donors (Lipinski definition) is 1. The molecule has 8 heteroatoms. The number of fused-ring (bicyclic) bond motifs is 1. The van der Waals surface area contributed by atoms with Crippen LogP contribution in [0.25, 0.3) is 21.9 Å². The second kappa shape index (κ2) is 7.71. The lowest BCUT2D eigenvalue weighted by Crippen LogP contribution is -2.18.